The van der Waals surface area contributed by atoms with E-state index < -0.39 is 0 Å². The Morgan fingerprint density at radius 3 is 2.60 bits per heavy atom. The van der Waals surface area contributed by atoms with E-state index in [0.29, 0.717) is 0 Å². The molecule has 0 saturated heterocycles. The standard InChI is InChI=1S/C16H18N2O2/c1-12(18-11-16(19)20-2)13-5-7-14(8-6-13)15-4-3-9-17-10-15/h3-10,12,18H,11H2,1-2H3/t12-/m0/s1. The third kappa shape index (κ3) is 3.65. The summed E-state index contributed by atoms with van der Waals surface area (Å²) in [5.74, 6) is -0.260. The minimum atomic E-state index is -0.260. The molecule has 2 aromatic rings. The molecule has 104 valence electrons. The zero-order chi connectivity index (χ0) is 14.4. The van der Waals surface area contributed by atoms with Crippen LogP contribution in [-0.2, 0) is 9.53 Å². The minimum absolute atomic E-state index is 0.0945. The van der Waals surface area contributed by atoms with E-state index in [-0.39, 0.29) is 18.6 Å². The van der Waals surface area contributed by atoms with Crippen LogP contribution in [0.1, 0.15) is 18.5 Å². The molecule has 0 saturated carbocycles. The molecule has 0 amide bonds. The van der Waals surface area contributed by atoms with E-state index in [1.165, 1.54) is 7.11 Å². The third-order valence-corrected chi connectivity index (χ3v) is 3.19. The third-order valence-electron chi connectivity index (χ3n) is 3.19. The molecule has 20 heavy (non-hydrogen) atoms. The van der Waals surface area contributed by atoms with E-state index in [1.807, 2.05) is 25.3 Å². The summed E-state index contributed by atoms with van der Waals surface area (Å²) in [5.41, 5.74) is 3.35. The van der Waals surface area contributed by atoms with Gasteiger partial charge in [0.05, 0.1) is 13.7 Å². The van der Waals surface area contributed by atoms with Gasteiger partial charge < -0.3 is 10.1 Å². The number of benzene rings is 1. The number of pyridine rings is 1. The first-order valence-electron chi connectivity index (χ1n) is 6.51. The molecule has 0 spiro atoms. The lowest BCUT2D eigenvalue weighted by Gasteiger charge is -2.13. The number of hydrogen-bond donors (Lipinski definition) is 1. The lowest BCUT2D eigenvalue weighted by atomic mass is 10.0. The van der Waals surface area contributed by atoms with Crippen molar-refractivity contribution in [2.45, 2.75) is 13.0 Å². The highest BCUT2D eigenvalue weighted by Crippen LogP contribution is 2.20. The smallest absolute Gasteiger partial charge is 0.319 e. The lowest BCUT2D eigenvalue weighted by Crippen LogP contribution is -2.26. The van der Waals surface area contributed by atoms with Gasteiger partial charge in [0.15, 0.2) is 0 Å². The molecule has 0 unspecified atom stereocenters. The zero-order valence-corrected chi connectivity index (χ0v) is 11.7. The van der Waals surface area contributed by atoms with Crippen molar-refractivity contribution in [3.63, 3.8) is 0 Å². The lowest BCUT2D eigenvalue weighted by molar-refractivity contribution is -0.139. The van der Waals surface area contributed by atoms with Crippen LogP contribution in [-0.4, -0.2) is 24.6 Å². The number of esters is 1. The van der Waals surface area contributed by atoms with Gasteiger partial charge in [-0.2, -0.15) is 0 Å². The molecule has 0 aliphatic carbocycles. The number of carbonyl (C=O) groups excluding carboxylic acids is 1. The Balaban J connectivity index is 2.03. The molecule has 0 fully saturated rings. The first-order chi connectivity index (χ1) is 9.70. The summed E-state index contributed by atoms with van der Waals surface area (Å²) < 4.78 is 4.61. The zero-order valence-electron chi connectivity index (χ0n) is 11.7. The number of aromatic nitrogens is 1. The van der Waals surface area contributed by atoms with Crippen LogP contribution in [0.25, 0.3) is 11.1 Å². The molecular formula is C16H18N2O2. The van der Waals surface area contributed by atoms with Gasteiger partial charge in [-0.15, -0.1) is 0 Å². The fourth-order valence-corrected chi connectivity index (χ4v) is 1.92. The summed E-state index contributed by atoms with van der Waals surface area (Å²) in [6.07, 6.45) is 3.60. The Hall–Kier alpha value is -2.20. The van der Waals surface area contributed by atoms with Gasteiger partial charge in [0, 0.05) is 18.4 Å². The molecule has 1 heterocycles. The SMILES string of the molecule is COC(=O)CN[C@@H](C)c1ccc(-c2cccnc2)cc1. The second kappa shape index (κ2) is 6.82. The quantitative estimate of drug-likeness (QED) is 0.848. The van der Waals surface area contributed by atoms with Gasteiger partial charge >= 0.3 is 5.97 Å². The molecule has 0 aliphatic heterocycles. The Kier molecular flexibility index (Phi) is 4.85. The average Bonchev–Trinajstić information content (AvgIpc) is 2.53. The van der Waals surface area contributed by atoms with Gasteiger partial charge in [-0.1, -0.05) is 30.3 Å². The van der Waals surface area contributed by atoms with E-state index in [0.717, 1.165) is 16.7 Å². The van der Waals surface area contributed by atoms with Crippen molar-refractivity contribution < 1.29 is 9.53 Å². The number of nitrogens with one attached hydrogen (secondary N) is 1. The van der Waals surface area contributed by atoms with Crippen LogP contribution in [0.15, 0.2) is 48.8 Å². The highest BCUT2D eigenvalue weighted by molar-refractivity contribution is 5.71. The van der Waals surface area contributed by atoms with E-state index in [1.54, 1.807) is 6.20 Å². The van der Waals surface area contributed by atoms with Crippen LogP contribution >= 0.6 is 0 Å². The fraction of sp³-hybridized carbons (Fsp3) is 0.250. The van der Waals surface area contributed by atoms with Crippen molar-refractivity contribution >= 4 is 5.97 Å². The Morgan fingerprint density at radius 2 is 2.00 bits per heavy atom. The monoisotopic (exact) mass is 270 g/mol. The molecule has 4 heteroatoms. The van der Waals surface area contributed by atoms with Gasteiger partial charge in [0.1, 0.15) is 0 Å². The number of hydrogen-bond acceptors (Lipinski definition) is 4. The Morgan fingerprint density at radius 1 is 1.25 bits per heavy atom. The summed E-state index contributed by atoms with van der Waals surface area (Å²) in [6.45, 7) is 2.23. The van der Waals surface area contributed by atoms with Crippen LogP contribution in [0.4, 0.5) is 0 Å². The summed E-state index contributed by atoms with van der Waals surface area (Å²) in [5, 5.41) is 3.12. The van der Waals surface area contributed by atoms with Crippen LogP contribution in [0.3, 0.4) is 0 Å². The first-order valence-corrected chi connectivity index (χ1v) is 6.51. The number of rotatable bonds is 5. The summed E-state index contributed by atoms with van der Waals surface area (Å²) in [4.78, 5) is 15.2. The van der Waals surface area contributed by atoms with Crippen LogP contribution in [0.5, 0.6) is 0 Å². The average molecular weight is 270 g/mol. The van der Waals surface area contributed by atoms with Crippen molar-refractivity contribution in [3.8, 4) is 11.1 Å². The molecular weight excluding hydrogens is 252 g/mol. The second-order valence-corrected chi connectivity index (χ2v) is 4.54. The molecule has 1 atom stereocenters. The molecule has 1 aromatic heterocycles. The summed E-state index contributed by atoms with van der Waals surface area (Å²) in [7, 11) is 1.39. The summed E-state index contributed by atoms with van der Waals surface area (Å²) >= 11 is 0. The van der Waals surface area contributed by atoms with E-state index >= 15 is 0 Å². The van der Waals surface area contributed by atoms with Gasteiger partial charge in [0.25, 0.3) is 0 Å². The maximum Gasteiger partial charge on any atom is 0.319 e. The molecule has 1 aromatic carbocycles. The molecule has 1 N–H and O–H groups in total. The van der Waals surface area contributed by atoms with E-state index in [4.69, 9.17) is 0 Å². The normalized spacial score (nSPS) is 11.9. The highest BCUT2D eigenvalue weighted by Gasteiger charge is 2.07. The topological polar surface area (TPSA) is 51.2 Å². The van der Waals surface area contributed by atoms with Crippen molar-refractivity contribution in [1.29, 1.82) is 0 Å². The van der Waals surface area contributed by atoms with Gasteiger partial charge in [0.2, 0.25) is 0 Å². The largest absolute Gasteiger partial charge is 0.468 e. The van der Waals surface area contributed by atoms with Crippen LogP contribution in [0.2, 0.25) is 0 Å². The van der Waals surface area contributed by atoms with Gasteiger partial charge in [-0.25, -0.2) is 0 Å². The predicted octanol–water partition coefficient (Wildman–Crippen LogP) is 2.57. The Bertz CT molecular complexity index is 552. The van der Waals surface area contributed by atoms with Crippen molar-refractivity contribution in [1.82, 2.24) is 10.3 Å². The maximum atomic E-state index is 11.1. The maximum absolute atomic E-state index is 11.1. The second-order valence-electron chi connectivity index (χ2n) is 4.54. The molecule has 0 aliphatic rings. The van der Waals surface area contributed by atoms with Crippen molar-refractivity contribution in [2.75, 3.05) is 13.7 Å². The van der Waals surface area contributed by atoms with Crippen LogP contribution in [0, 0.1) is 0 Å². The number of carbonyl (C=O) groups is 1. The molecule has 0 bridgehead atoms. The number of nitrogens with zero attached hydrogens (tertiary/aromatic N) is 1. The van der Waals surface area contributed by atoms with Gasteiger partial charge in [-0.3, -0.25) is 9.78 Å². The highest BCUT2D eigenvalue weighted by atomic mass is 16.5. The first kappa shape index (κ1) is 14.2. The minimum Gasteiger partial charge on any atom is -0.468 e. The molecule has 0 radical (unpaired) electrons. The van der Waals surface area contributed by atoms with E-state index in [9.17, 15) is 4.79 Å². The Labute approximate surface area is 118 Å². The van der Waals surface area contributed by atoms with Crippen molar-refractivity contribution in [3.05, 3.63) is 54.4 Å². The van der Waals surface area contributed by atoms with Crippen molar-refractivity contribution in [2.24, 2.45) is 0 Å². The molecule has 2 rings (SSSR count). The van der Waals surface area contributed by atoms with Crippen LogP contribution < -0.4 is 5.32 Å². The summed E-state index contributed by atoms with van der Waals surface area (Å²) in [6, 6.07) is 12.3. The van der Waals surface area contributed by atoms with E-state index in [2.05, 4.69) is 39.3 Å². The predicted molar refractivity (Wildman–Crippen MR) is 78.1 cm³/mol. The van der Waals surface area contributed by atoms with Gasteiger partial charge in [-0.05, 0) is 29.7 Å². The molecule has 4 nitrogen and oxygen atoms in total. The number of ether oxygens (including phenoxy) is 1. The fourth-order valence-electron chi connectivity index (χ4n) is 1.92. The number of methoxy groups -OCH3 is 1.